The van der Waals surface area contributed by atoms with Crippen molar-refractivity contribution in [1.82, 2.24) is 4.98 Å². The van der Waals surface area contributed by atoms with Crippen LogP contribution >= 0.6 is 11.3 Å². The van der Waals surface area contributed by atoms with Crippen molar-refractivity contribution in [3.8, 4) is 5.75 Å². The van der Waals surface area contributed by atoms with Gasteiger partial charge in [0.05, 0.1) is 16.3 Å². The molecule has 0 saturated heterocycles. The van der Waals surface area contributed by atoms with Crippen molar-refractivity contribution in [2.24, 2.45) is 0 Å². The summed E-state index contributed by atoms with van der Waals surface area (Å²) >= 11 is 1.65. The van der Waals surface area contributed by atoms with Gasteiger partial charge in [-0.15, -0.1) is 0 Å². The van der Waals surface area contributed by atoms with Crippen LogP contribution in [0.25, 0.3) is 10.2 Å². The fourth-order valence-corrected chi connectivity index (χ4v) is 3.20. The van der Waals surface area contributed by atoms with E-state index in [2.05, 4.69) is 23.3 Å². The minimum absolute atomic E-state index is 0.177. The molecular formula is C17H18N2OS. The Kier molecular flexibility index (Phi) is 3.80. The number of aromatic nitrogens is 1. The number of thiazole rings is 1. The van der Waals surface area contributed by atoms with Gasteiger partial charge in [-0.05, 0) is 50.6 Å². The van der Waals surface area contributed by atoms with Crippen LogP contribution in [-0.4, -0.2) is 11.1 Å². The molecule has 0 spiro atoms. The van der Waals surface area contributed by atoms with Crippen LogP contribution in [0, 0.1) is 6.92 Å². The van der Waals surface area contributed by atoms with E-state index < -0.39 is 0 Å². The lowest BCUT2D eigenvalue weighted by atomic mass is 10.2. The molecule has 3 rings (SSSR count). The quantitative estimate of drug-likeness (QED) is 0.724. The number of nitrogens with one attached hydrogen (secondary N) is 1. The van der Waals surface area contributed by atoms with Crippen molar-refractivity contribution in [1.29, 1.82) is 0 Å². The largest absolute Gasteiger partial charge is 0.491 e. The Hall–Kier alpha value is -2.07. The van der Waals surface area contributed by atoms with Crippen LogP contribution in [-0.2, 0) is 0 Å². The highest BCUT2D eigenvalue weighted by molar-refractivity contribution is 7.22. The Morgan fingerprint density at radius 2 is 1.90 bits per heavy atom. The van der Waals surface area contributed by atoms with E-state index in [0.717, 1.165) is 32.3 Å². The lowest BCUT2D eigenvalue weighted by Crippen LogP contribution is -2.05. The molecule has 0 amide bonds. The number of anilines is 2. The molecule has 4 heteroatoms. The summed E-state index contributed by atoms with van der Waals surface area (Å²) in [6.07, 6.45) is 0.177. The van der Waals surface area contributed by atoms with Crippen LogP contribution in [0.4, 0.5) is 10.8 Å². The molecule has 3 nitrogen and oxygen atoms in total. The molecule has 0 aliphatic rings. The van der Waals surface area contributed by atoms with Crippen LogP contribution in [0.15, 0.2) is 42.5 Å². The zero-order valence-corrected chi connectivity index (χ0v) is 13.2. The summed E-state index contributed by atoms with van der Waals surface area (Å²) in [6, 6.07) is 14.2. The molecule has 1 N–H and O–H groups in total. The van der Waals surface area contributed by atoms with Crippen LogP contribution in [0.1, 0.15) is 19.4 Å². The first-order valence-electron chi connectivity index (χ1n) is 7.02. The van der Waals surface area contributed by atoms with Crippen LogP contribution < -0.4 is 10.1 Å². The van der Waals surface area contributed by atoms with E-state index in [0.29, 0.717) is 0 Å². The molecule has 0 radical (unpaired) electrons. The Morgan fingerprint density at radius 1 is 1.14 bits per heavy atom. The van der Waals surface area contributed by atoms with Crippen molar-refractivity contribution in [3.05, 3.63) is 48.0 Å². The maximum atomic E-state index is 5.79. The fraction of sp³-hybridized carbons (Fsp3) is 0.235. The van der Waals surface area contributed by atoms with Crippen molar-refractivity contribution in [2.75, 3.05) is 5.32 Å². The summed E-state index contributed by atoms with van der Waals surface area (Å²) in [4.78, 5) is 4.68. The van der Waals surface area contributed by atoms with Gasteiger partial charge in [0.15, 0.2) is 5.13 Å². The highest BCUT2D eigenvalue weighted by Crippen LogP contribution is 2.33. The van der Waals surface area contributed by atoms with Gasteiger partial charge in [0.25, 0.3) is 0 Å². The predicted molar refractivity (Wildman–Crippen MR) is 89.8 cm³/mol. The number of hydrogen-bond acceptors (Lipinski definition) is 4. The van der Waals surface area contributed by atoms with Crippen LogP contribution in [0.5, 0.6) is 5.75 Å². The maximum Gasteiger partial charge on any atom is 0.188 e. The fourth-order valence-electron chi connectivity index (χ4n) is 2.20. The molecule has 2 aromatic carbocycles. The molecule has 0 saturated carbocycles. The molecule has 3 aromatic rings. The average molecular weight is 298 g/mol. The number of ether oxygens (including phenoxy) is 1. The van der Waals surface area contributed by atoms with Gasteiger partial charge < -0.3 is 10.1 Å². The number of hydrogen-bond donors (Lipinski definition) is 1. The molecule has 108 valence electrons. The van der Waals surface area contributed by atoms with E-state index in [4.69, 9.17) is 4.74 Å². The molecule has 0 unspecified atom stereocenters. The Balaban J connectivity index is 1.94. The molecule has 1 heterocycles. The summed E-state index contributed by atoms with van der Waals surface area (Å²) in [6.45, 7) is 6.14. The molecule has 0 aliphatic carbocycles. The van der Waals surface area contributed by atoms with Crippen molar-refractivity contribution >= 4 is 32.4 Å². The minimum atomic E-state index is 0.177. The number of nitrogens with zero attached hydrogens (tertiary/aromatic N) is 1. The van der Waals surface area contributed by atoms with Crippen LogP contribution in [0.3, 0.4) is 0 Å². The molecule has 21 heavy (non-hydrogen) atoms. The number of rotatable bonds is 4. The first-order chi connectivity index (χ1) is 10.1. The Morgan fingerprint density at radius 3 is 2.62 bits per heavy atom. The summed E-state index contributed by atoms with van der Waals surface area (Å²) < 4.78 is 6.93. The molecule has 0 fully saturated rings. The van der Waals surface area contributed by atoms with Gasteiger partial charge in [0.2, 0.25) is 0 Å². The highest BCUT2D eigenvalue weighted by Gasteiger charge is 2.09. The Bertz CT molecular complexity index is 750. The second kappa shape index (κ2) is 5.74. The Labute approximate surface area is 128 Å². The van der Waals surface area contributed by atoms with Gasteiger partial charge in [-0.3, -0.25) is 0 Å². The normalized spacial score (nSPS) is 11.0. The average Bonchev–Trinajstić information content (AvgIpc) is 2.82. The van der Waals surface area contributed by atoms with E-state index in [-0.39, 0.29) is 6.10 Å². The molecule has 1 aromatic heterocycles. The predicted octanol–water partition coefficient (Wildman–Crippen LogP) is 5.14. The number of benzene rings is 2. The van der Waals surface area contributed by atoms with Gasteiger partial charge in [-0.2, -0.15) is 0 Å². The lowest BCUT2D eigenvalue weighted by Gasteiger charge is -2.10. The highest BCUT2D eigenvalue weighted by atomic mass is 32.1. The molecular weight excluding hydrogens is 280 g/mol. The first-order valence-corrected chi connectivity index (χ1v) is 7.83. The van der Waals surface area contributed by atoms with E-state index in [9.17, 15) is 0 Å². The van der Waals surface area contributed by atoms with E-state index >= 15 is 0 Å². The summed E-state index contributed by atoms with van der Waals surface area (Å²) in [5.74, 6) is 0.907. The minimum Gasteiger partial charge on any atom is -0.491 e. The van der Waals surface area contributed by atoms with Gasteiger partial charge in [-0.1, -0.05) is 29.5 Å². The van der Waals surface area contributed by atoms with Crippen LogP contribution in [0.2, 0.25) is 0 Å². The summed E-state index contributed by atoms with van der Waals surface area (Å²) in [5, 5.41) is 4.25. The standard InChI is InChI=1S/C17H18N2OS/c1-11(2)20-14-9-12(3)16-15(10-14)21-17(19-16)18-13-7-5-4-6-8-13/h4-11H,1-3H3,(H,18,19). The van der Waals surface area contributed by atoms with Gasteiger partial charge >= 0.3 is 0 Å². The second-order valence-electron chi connectivity index (χ2n) is 5.26. The summed E-state index contributed by atoms with van der Waals surface area (Å²) in [5.41, 5.74) is 3.22. The zero-order valence-electron chi connectivity index (χ0n) is 12.4. The second-order valence-corrected chi connectivity index (χ2v) is 6.29. The third kappa shape index (κ3) is 3.16. The third-order valence-corrected chi connectivity index (χ3v) is 3.97. The maximum absolute atomic E-state index is 5.79. The van der Waals surface area contributed by atoms with Crippen molar-refractivity contribution in [2.45, 2.75) is 26.9 Å². The van der Waals surface area contributed by atoms with E-state index in [1.165, 1.54) is 0 Å². The third-order valence-electron chi connectivity index (χ3n) is 3.06. The molecule has 0 atom stereocenters. The summed E-state index contributed by atoms with van der Waals surface area (Å²) in [7, 11) is 0. The smallest absolute Gasteiger partial charge is 0.188 e. The van der Waals surface area contributed by atoms with Gasteiger partial charge in [-0.25, -0.2) is 4.98 Å². The molecule has 0 bridgehead atoms. The topological polar surface area (TPSA) is 34.1 Å². The van der Waals surface area contributed by atoms with Crippen molar-refractivity contribution in [3.63, 3.8) is 0 Å². The monoisotopic (exact) mass is 298 g/mol. The van der Waals surface area contributed by atoms with Gasteiger partial charge in [0, 0.05) is 5.69 Å². The zero-order chi connectivity index (χ0) is 14.8. The number of para-hydroxylation sites is 1. The van der Waals surface area contributed by atoms with E-state index in [1.54, 1.807) is 11.3 Å². The number of fused-ring (bicyclic) bond motifs is 1. The van der Waals surface area contributed by atoms with Gasteiger partial charge in [0.1, 0.15) is 5.75 Å². The lowest BCUT2D eigenvalue weighted by molar-refractivity contribution is 0.242. The van der Waals surface area contributed by atoms with Crippen molar-refractivity contribution < 1.29 is 4.74 Å². The van der Waals surface area contributed by atoms with E-state index in [1.807, 2.05) is 50.2 Å². The SMILES string of the molecule is Cc1cc(OC(C)C)cc2sc(Nc3ccccc3)nc12. The molecule has 0 aliphatic heterocycles. The number of aryl methyl sites for hydroxylation is 1. The first kappa shape index (κ1) is 13.9.